The molecular formula is C18H29N3O2. The van der Waals surface area contributed by atoms with Crippen LogP contribution in [-0.2, 0) is 13.0 Å². The second kappa shape index (κ2) is 8.31. The summed E-state index contributed by atoms with van der Waals surface area (Å²) < 4.78 is 0. The predicted molar refractivity (Wildman–Crippen MR) is 92.3 cm³/mol. The Bertz CT molecular complexity index is 521. The monoisotopic (exact) mass is 319 g/mol. The van der Waals surface area contributed by atoms with E-state index in [0.717, 1.165) is 25.9 Å². The van der Waals surface area contributed by atoms with E-state index < -0.39 is 0 Å². The summed E-state index contributed by atoms with van der Waals surface area (Å²) in [5.74, 6) is 0. The molecule has 1 heterocycles. The summed E-state index contributed by atoms with van der Waals surface area (Å²) in [6.07, 6.45) is 2.07. The van der Waals surface area contributed by atoms with Crippen molar-refractivity contribution in [3.63, 3.8) is 0 Å². The summed E-state index contributed by atoms with van der Waals surface area (Å²) in [6, 6.07) is 8.65. The van der Waals surface area contributed by atoms with Crippen molar-refractivity contribution >= 4 is 6.03 Å². The van der Waals surface area contributed by atoms with Crippen LogP contribution >= 0.6 is 0 Å². The Hall–Kier alpha value is -1.59. The van der Waals surface area contributed by atoms with E-state index in [1.54, 1.807) is 11.9 Å². The lowest BCUT2D eigenvalue weighted by atomic mass is 9.98. The van der Waals surface area contributed by atoms with Gasteiger partial charge in [0.2, 0.25) is 0 Å². The molecule has 5 heteroatoms. The molecule has 2 rings (SSSR count). The van der Waals surface area contributed by atoms with E-state index in [9.17, 15) is 4.79 Å². The molecule has 0 saturated heterocycles. The van der Waals surface area contributed by atoms with Gasteiger partial charge in [0.25, 0.3) is 0 Å². The summed E-state index contributed by atoms with van der Waals surface area (Å²) in [4.78, 5) is 16.1. The first-order valence-corrected chi connectivity index (χ1v) is 8.49. The molecule has 0 aliphatic carbocycles. The number of fused-ring (bicyclic) bond motifs is 1. The molecule has 2 amide bonds. The van der Waals surface area contributed by atoms with Gasteiger partial charge in [-0.3, -0.25) is 4.90 Å². The van der Waals surface area contributed by atoms with Gasteiger partial charge in [-0.1, -0.05) is 31.2 Å². The molecule has 23 heavy (non-hydrogen) atoms. The second-order valence-electron chi connectivity index (χ2n) is 6.38. The molecule has 5 nitrogen and oxygen atoms in total. The zero-order valence-electron chi connectivity index (χ0n) is 14.5. The fourth-order valence-corrected chi connectivity index (χ4v) is 3.01. The zero-order chi connectivity index (χ0) is 16.8. The lowest BCUT2D eigenvalue weighted by Gasteiger charge is -2.35. The molecule has 2 atom stereocenters. The Balaban J connectivity index is 1.90. The van der Waals surface area contributed by atoms with Crippen LogP contribution in [0.5, 0.6) is 0 Å². The summed E-state index contributed by atoms with van der Waals surface area (Å²) in [7, 11) is 1.72. The SMILES string of the molecule is CCC(CNC(=O)N(C)C(C)CO)N1CCc2ccccc2C1. The van der Waals surface area contributed by atoms with Crippen LogP contribution in [-0.4, -0.2) is 59.8 Å². The number of carbonyl (C=O) groups is 1. The van der Waals surface area contributed by atoms with Crippen molar-refractivity contribution in [1.29, 1.82) is 0 Å². The van der Waals surface area contributed by atoms with Crippen molar-refractivity contribution in [3.05, 3.63) is 35.4 Å². The van der Waals surface area contributed by atoms with Gasteiger partial charge in [0.15, 0.2) is 0 Å². The van der Waals surface area contributed by atoms with Crippen molar-refractivity contribution < 1.29 is 9.90 Å². The maximum atomic E-state index is 12.1. The standard InChI is InChI=1S/C18H29N3O2/c1-4-17(11-19-18(23)20(3)14(2)13-22)21-10-9-15-7-5-6-8-16(15)12-21/h5-8,14,17,22H,4,9-13H2,1-3H3,(H,19,23). The smallest absolute Gasteiger partial charge is 0.317 e. The minimum Gasteiger partial charge on any atom is -0.394 e. The van der Waals surface area contributed by atoms with Gasteiger partial charge in [-0.25, -0.2) is 4.79 Å². The largest absolute Gasteiger partial charge is 0.394 e. The van der Waals surface area contributed by atoms with Crippen LogP contribution in [0.1, 0.15) is 31.4 Å². The predicted octanol–water partition coefficient (Wildman–Crippen LogP) is 1.85. The Morgan fingerprint density at radius 2 is 2.09 bits per heavy atom. The van der Waals surface area contributed by atoms with Crippen molar-refractivity contribution in [2.24, 2.45) is 0 Å². The van der Waals surface area contributed by atoms with E-state index >= 15 is 0 Å². The van der Waals surface area contributed by atoms with Gasteiger partial charge < -0.3 is 15.3 Å². The van der Waals surface area contributed by atoms with Crippen molar-refractivity contribution in [2.75, 3.05) is 26.7 Å². The van der Waals surface area contributed by atoms with E-state index in [-0.39, 0.29) is 18.7 Å². The van der Waals surface area contributed by atoms with Crippen LogP contribution in [0.2, 0.25) is 0 Å². The number of hydrogen-bond donors (Lipinski definition) is 2. The third kappa shape index (κ3) is 4.45. The quantitative estimate of drug-likeness (QED) is 0.841. The number of benzene rings is 1. The average molecular weight is 319 g/mol. The van der Waals surface area contributed by atoms with Crippen LogP contribution < -0.4 is 5.32 Å². The molecule has 0 saturated carbocycles. The van der Waals surface area contributed by atoms with Crippen LogP contribution in [0.25, 0.3) is 0 Å². The molecule has 2 unspecified atom stereocenters. The molecule has 1 aromatic rings. The van der Waals surface area contributed by atoms with Gasteiger partial charge >= 0.3 is 6.03 Å². The summed E-state index contributed by atoms with van der Waals surface area (Å²) in [5, 5.41) is 12.1. The number of hydrogen-bond acceptors (Lipinski definition) is 3. The van der Waals surface area contributed by atoms with E-state index in [1.807, 2.05) is 6.92 Å². The Kier molecular flexibility index (Phi) is 6.42. The summed E-state index contributed by atoms with van der Waals surface area (Å²) >= 11 is 0. The van der Waals surface area contributed by atoms with Crippen LogP contribution in [0.3, 0.4) is 0 Å². The normalized spacial score (nSPS) is 17.2. The third-order valence-electron chi connectivity index (χ3n) is 4.88. The highest BCUT2D eigenvalue weighted by Crippen LogP contribution is 2.21. The third-order valence-corrected chi connectivity index (χ3v) is 4.88. The molecule has 0 aromatic heterocycles. The average Bonchev–Trinajstić information content (AvgIpc) is 2.60. The van der Waals surface area contributed by atoms with Gasteiger partial charge in [-0.2, -0.15) is 0 Å². The number of carbonyl (C=O) groups excluding carboxylic acids is 1. The Morgan fingerprint density at radius 1 is 1.39 bits per heavy atom. The first-order valence-electron chi connectivity index (χ1n) is 8.49. The molecule has 0 bridgehead atoms. The summed E-state index contributed by atoms with van der Waals surface area (Å²) in [6.45, 7) is 6.60. The molecular weight excluding hydrogens is 290 g/mol. The maximum Gasteiger partial charge on any atom is 0.317 e. The number of nitrogens with one attached hydrogen (secondary N) is 1. The second-order valence-corrected chi connectivity index (χ2v) is 6.38. The Morgan fingerprint density at radius 3 is 2.74 bits per heavy atom. The maximum absolute atomic E-state index is 12.1. The van der Waals surface area contributed by atoms with Gasteiger partial charge in [-0.05, 0) is 30.9 Å². The molecule has 1 aliphatic heterocycles. The molecule has 0 spiro atoms. The fourth-order valence-electron chi connectivity index (χ4n) is 3.01. The highest BCUT2D eigenvalue weighted by molar-refractivity contribution is 5.74. The highest BCUT2D eigenvalue weighted by atomic mass is 16.3. The molecule has 0 fully saturated rings. The van der Waals surface area contributed by atoms with Crippen molar-refractivity contribution in [2.45, 2.75) is 45.3 Å². The fraction of sp³-hybridized carbons (Fsp3) is 0.611. The lowest BCUT2D eigenvalue weighted by Crippen LogP contribution is -2.50. The number of aliphatic hydroxyl groups excluding tert-OH is 1. The van der Waals surface area contributed by atoms with E-state index in [1.165, 1.54) is 11.1 Å². The first-order chi connectivity index (χ1) is 11.1. The lowest BCUT2D eigenvalue weighted by molar-refractivity contribution is 0.145. The van der Waals surface area contributed by atoms with Gasteiger partial charge in [0, 0.05) is 32.7 Å². The first kappa shape index (κ1) is 17.8. The van der Waals surface area contributed by atoms with Gasteiger partial charge in [-0.15, -0.1) is 0 Å². The molecule has 2 N–H and O–H groups in total. The number of rotatable bonds is 6. The molecule has 0 radical (unpaired) electrons. The summed E-state index contributed by atoms with van der Waals surface area (Å²) in [5.41, 5.74) is 2.84. The van der Waals surface area contributed by atoms with Gasteiger partial charge in [0.1, 0.15) is 0 Å². The van der Waals surface area contributed by atoms with Crippen LogP contribution in [0.15, 0.2) is 24.3 Å². The highest BCUT2D eigenvalue weighted by Gasteiger charge is 2.23. The minimum absolute atomic E-state index is 0.0238. The number of nitrogens with zero attached hydrogens (tertiary/aromatic N) is 2. The number of amides is 2. The molecule has 1 aliphatic rings. The molecule has 128 valence electrons. The number of aliphatic hydroxyl groups is 1. The minimum atomic E-state index is -0.169. The van der Waals surface area contributed by atoms with E-state index in [4.69, 9.17) is 5.11 Å². The number of likely N-dealkylation sites (N-methyl/N-ethyl adjacent to an activating group) is 1. The topological polar surface area (TPSA) is 55.8 Å². The van der Waals surface area contributed by atoms with E-state index in [0.29, 0.717) is 12.6 Å². The van der Waals surface area contributed by atoms with Crippen LogP contribution in [0, 0.1) is 0 Å². The van der Waals surface area contributed by atoms with Gasteiger partial charge in [0.05, 0.1) is 12.6 Å². The zero-order valence-corrected chi connectivity index (χ0v) is 14.5. The van der Waals surface area contributed by atoms with Crippen molar-refractivity contribution in [1.82, 2.24) is 15.1 Å². The molecule has 1 aromatic carbocycles. The van der Waals surface area contributed by atoms with Crippen LogP contribution in [0.4, 0.5) is 4.79 Å². The Labute approximate surface area is 139 Å². The number of urea groups is 1. The van der Waals surface area contributed by atoms with E-state index in [2.05, 4.69) is 41.4 Å². The van der Waals surface area contributed by atoms with Crippen molar-refractivity contribution in [3.8, 4) is 0 Å².